The zero-order chi connectivity index (χ0) is 18.8. The van der Waals surface area contributed by atoms with E-state index in [0.29, 0.717) is 6.54 Å². The van der Waals surface area contributed by atoms with Crippen LogP contribution in [0, 0.1) is 5.92 Å². The van der Waals surface area contributed by atoms with Crippen molar-refractivity contribution >= 4 is 5.96 Å². The van der Waals surface area contributed by atoms with E-state index in [1.165, 1.54) is 32.4 Å². The number of rotatable bonds is 8. The Kier molecular flexibility index (Phi) is 8.54. The molecular weight excluding hydrogens is 328 g/mol. The van der Waals surface area contributed by atoms with Crippen molar-refractivity contribution in [2.45, 2.75) is 32.3 Å². The maximum absolute atomic E-state index is 5.93. The van der Waals surface area contributed by atoms with E-state index in [-0.39, 0.29) is 6.10 Å². The Morgan fingerprint density at radius 2 is 2.00 bits per heavy atom. The van der Waals surface area contributed by atoms with Gasteiger partial charge in [-0.25, -0.2) is 0 Å². The predicted molar refractivity (Wildman–Crippen MR) is 107 cm³/mol. The number of piperidine rings is 1. The lowest BCUT2D eigenvalue weighted by molar-refractivity contribution is 0.212. The van der Waals surface area contributed by atoms with Gasteiger partial charge in [0.25, 0.3) is 0 Å². The second-order valence-corrected chi connectivity index (χ2v) is 7.02. The molecule has 1 fully saturated rings. The number of nitrogens with zero attached hydrogens (tertiary/aromatic N) is 2. The normalized spacial score (nSPS) is 17.6. The number of methoxy groups -OCH3 is 1. The van der Waals surface area contributed by atoms with Crippen LogP contribution in [0.15, 0.2) is 29.3 Å². The number of ether oxygens (including phenoxy) is 2. The molecule has 146 valence electrons. The summed E-state index contributed by atoms with van der Waals surface area (Å²) in [6.07, 6.45) is 3.82. The Hall–Kier alpha value is -1.95. The summed E-state index contributed by atoms with van der Waals surface area (Å²) >= 11 is 0. The van der Waals surface area contributed by atoms with Gasteiger partial charge >= 0.3 is 0 Å². The summed E-state index contributed by atoms with van der Waals surface area (Å²) in [7, 11) is 5.67. The van der Waals surface area contributed by atoms with Crippen molar-refractivity contribution in [3.05, 3.63) is 24.3 Å². The van der Waals surface area contributed by atoms with E-state index >= 15 is 0 Å². The molecule has 0 saturated carbocycles. The average Bonchev–Trinajstić information content (AvgIpc) is 2.66. The molecule has 0 bridgehead atoms. The number of nitrogens with one attached hydrogen (secondary N) is 2. The highest BCUT2D eigenvalue weighted by Gasteiger charge is 2.16. The molecule has 26 heavy (non-hydrogen) atoms. The van der Waals surface area contributed by atoms with E-state index in [0.717, 1.165) is 29.9 Å². The predicted octanol–water partition coefficient (Wildman–Crippen LogP) is 2.36. The second kappa shape index (κ2) is 10.9. The lowest BCUT2D eigenvalue weighted by atomic mass is 9.94. The highest BCUT2D eigenvalue weighted by Crippen LogP contribution is 2.20. The number of hydrogen-bond acceptors (Lipinski definition) is 4. The van der Waals surface area contributed by atoms with Gasteiger partial charge in [0.2, 0.25) is 0 Å². The third kappa shape index (κ3) is 7.12. The first-order chi connectivity index (χ1) is 12.6. The SMILES string of the molecule is CN=C(NCCC1CCN(C)CC1)NCC(C)Oc1cccc(OC)c1. The third-order valence-electron chi connectivity index (χ3n) is 4.84. The van der Waals surface area contributed by atoms with Gasteiger partial charge in [0.05, 0.1) is 13.7 Å². The summed E-state index contributed by atoms with van der Waals surface area (Å²) < 4.78 is 11.2. The standard InChI is InChI=1S/C20H34N4O2/c1-16(26-19-7-5-6-18(14-19)25-4)15-23-20(21-2)22-11-8-17-9-12-24(3)13-10-17/h5-7,14,16-17H,8-13,15H2,1-4H3,(H2,21,22,23). The van der Waals surface area contributed by atoms with E-state index in [9.17, 15) is 0 Å². The zero-order valence-electron chi connectivity index (χ0n) is 16.6. The maximum atomic E-state index is 5.93. The van der Waals surface area contributed by atoms with Gasteiger partial charge in [-0.05, 0) is 64.4 Å². The van der Waals surface area contributed by atoms with Gasteiger partial charge in [0.1, 0.15) is 17.6 Å². The Morgan fingerprint density at radius 1 is 1.27 bits per heavy atom. The number of hydrogen-bond donors (Lipinski definition) is 2. The Balaban J connectivity index is 1.65. The summed E-state index contributed by atoms with van der Waals surface area (Å²) in [6.45, 7) is 6.12. The molecular formula is C20H34N4O2. The molecule has 1 unspecified atom stereocenters. The molecule has 1 aromatic carbocycles. The molecule has 0 aliphatic carbocycles. The summed E-state index contributed by atoms with van der Waals surface area (Å²) in [4.78, 5) is 6.71. The van der Waals surface area contributed by atoms with E-state index in [4.69, 9.17) is 9.47 Å². The lowest BCUT2D eigenvalue weighted by Crippen LogP contribution is -2.42. The summed E-state index contributed by atoms with van der Waals surface area (Å²) in [5, 5.41) is 6.75. The van der Waals surface area contributed by atoms with Crippen molar-refractivity contribution < 1.29 is 9.47 Å². The molecule has 1 aliphatic heterocycles. The number of aliphatic imine (C=N–C) groups is 1. The molecule has 1 aliphatic rings. The van der Waals surface area contributed by atoms with Gasteiger partial charge in [-0.1, -0.05) is 6.07 Å². The topological polar surface area (TPSA) is 58.1 Å². The van der Waals surface area contributed by atoms with Crippen LogP contribution in [0.5, 0.6) is 11.5 Å². The maximum Gasteiger partial charge on any atom is 0.191 e. The molecule has 0 aromatic heterocycles. The van der Waals surface area contributed by atoms with Crippen molar-refractivity contribution in [2.24, 2.45) is 10.9 Å². The highest BCUT2D eigenvalue weighted by atomic mass is 16.5. The smallest absolute Gasteiger partial charge is 0.191 e. The molecule has 0 radical (unpaired) electrons. The first-order valence-corrected chi connectivity index (χ1v) is 9.54. The van der Waals surface area contributed by atoms with Gasteiger partial charge in [0.15, 0.2) is 5.96 Å². The van der Waals surface area contributed by atoms with Crippen LogP contribution in [0.1, 0.15) is 26.2 Å². The van der Waals surface area contributed by atoms with Crippen molar-refractivity contribution in [3.8, 4) is 11.5 Å². The zero-order valence-corrected chi connectivity index (χ0v) is 16.6. The molecule has 2 N–H and O–H groups in total. The molecule has 6 heteroatoms. The fourth-order valence-corrected chi connectivity index (χ4v) is 3.15. The van der Waals surface area contributed by atoms with Gasteiger partial charge in [0, 0.05) is 19.7 Å². The van der Waals surface area contributed by atoms with Crippen molar-refractivity contribution in [3.63, 3.8) is 0 Å². The quantitative estimate of drug-likeness (QED) is 0.549. The Labute approximate surface area is 158 Å². The van der Waals surface area contributed by atoms with Crippen LogP contribution < -0.4 is 20.1 Å². The summed E-state index contributed by atoms with van der Waals surface area (Å²) in [5.74, 6) is 3.27. The first-order valence-electron chi connectivity index (χ1n) is 9.54. The van der Waals surface area contributed by atoms with Crippen LogP contribution in [0.25, 0.3) is 0 Å². The minimum Gasteiger partial charge on any atom is -0.497 e. The van der Waals surface area contributed by atoms with Crippen LogP contribution in [-0.2, 0) is 0 Å². The van der Waals surface area contributed by atoms with Gasteiger partial charge in [-0.15, -0.1) is 0 Å². The Morgan fingerprint density at radius 3 is 2.69 bits per heavy atom. The molecule has 0 spiro atoms. The lowest BCUT2D eigenvalue weighted by Gasteiger charge is -2.29. The molecule has 0 amide bonds. The fraction of sp³-hybridized carbons (Fsp3) is 0.650. The molecule has 6 nitrogen and oxygen atoms in total. The van der Waals surface area contributed by atoms with Crippen molar-refractivity contribution in [1.82, 2.24) is 15.5 Å². The Bertz CT molecular complexity index is 556. The summed E-state index contributed by atoms with van der Waals surface area (Å²) in [5.41, 5.74) is 0. The summed E-state index contributed by atoms with van der Waals surface area (Å²) in [6, 6.07) is 7.67. The van der Waals surface area contributed by atoms with Crippen LogP contribution >= 0.6 is 0 Å². The second-order valence-electron chi connectivity index (χ2n) is 7.02. The fourth-order valence-electron chi connectivity index (χ4n) is 3.15. The van der Waals surface area contributed by atoms with E-state index in [1.807, 2.05) is 31.2 Å². The molecule has 1 heterocycles. The van der Waals surface area contributed by atoms with Crippen molar-refractivity contribution in [2.75, 3.05) is 47.4 Å². The minimum absolute atomic E-state index is 0.0227. The van der Waals surface area contributed by atoms with Gasteiger partial charge in [-0.2, -0.15) is 0 Å². The van der Waals surface area contributed by atoms with Crippen LogP contribution in [0.3, 0.4) is 0 Å². The van der Waals surface area contributed by atoms with Gasteiger partial charge < -0.3 is 25.0 Å². The average molecular weight is 363 g/mol. The molecule has 1 atom stereocenters. The molecule has 1 saturated heterocycles. The molecule has 1 aromatic rings. The minimum atomic E-state index is 0.0227. The number of likely N-dealkylation sites (tertiary alicyclic amines) is 1. The molecule has 2 rings (SSSR count). The van der Waals surface area contributed by atoms with Crippen molar-refractivity contribution in [1.29, 1.82) is 0 Å². The third-order valence-corrected chi connectivity index (χ3v) is 4.84. The van der Waals surface area contributed by atoms with E-state index in [1.54, 1.807) is 14.2 Å². The monoisotopic (exact) mass is 362 g/mol. The first kappa shape index (κ1) is 20.4. The van der Waals surface area contributed by atoms with Gasteiger partial charge in [-0.3, -0.25) is 4.99 Å². The van der Waals surface area contributed by atoms with Crippen LogP contribution in [-0.4, -0.2) is 64.3 Å². The highest BCUT2D eigenvalue weighted by molar-refractivity contribution is 5.79. The van der Waals surface area contributed by atoms with Crippen LogP contribution in [0.4, 0.5) is 0 Å². The van der Waals surface area contributed by atoms with E-state index in [2.05, 4.69) is 27.6 Å². The number of guanidine groups is 1. The largest absolute Gasteiger partial charge is 0.497 e. The van der Waals surface area contributed by atoms with Crippen LogP contribution in [0.2, 0.25) is 0 Å². The number of benzene rings is 1. The van der Waals surface area contributed by atoms with E-state index < -0.39 is 0 Å².